The molecule has 7 heteroatoms. The number of rotatable bonds is 4. The number of fused-ring (bicyclic) bond motifs is 1. The van der Waals surface area contributed by atoms with Crippen LogP contribution in [0.15, 0.2) is 24.5 Å². The average Bonchev–Trinajstić information content (AvgIpc) is 2.80. The summed E-state index contributed by atoms with van der Waals surface area (Å²) in [5.41, 5.74) is 0.949. The highest BCUT2D eigenvalue weighted by atomic mass is 16.2. The van der Waals surface area contributed by atoms with E-state index in [-0.39, 0.29) is 34.7 Å². The summed E-state index contributed by atoms with van der Waals surface area (Å²) >= 11 is 0. The van der Waals surface area contributed by atoms with Gasteiger partial charge >= 0.3 is 6.03 Å². The van der Waals surface area contributed by atoms with Gasteiger partial charge in [0.25, 0.3) is 5.91 Å². The van der Waals surface area contributed by atoms with E-state index < -0.39 is 0 Å². The van der Waals surface area contributed by atoms with E-state index in [1.807, 2.05) is 4.90 Å². The summed E-state index contributed by atoms with van der Waals surface area (Å²) in [7, 11) is 2.11. The van der Waals surface area contributed by atoms with Crippen LogP contribution in [-0.4, -0.2) is 72.5 Å². The number of urea groups is 1. The molecule has 0 bridgehead atoms. The molecule has 3 aliphatic rings. The second-order valence-corrected chi connectivity index (χ2v) is 11.9. The van der Waals surface area contributed by atoms with Crippen molar-refractivity contribution in [3.63, 3.8) is 0 Å². The molecule has 1 unspecified atom stereocenters. The summed E-state index contributed by atoms with van der Waals surface area (Å²) in [6, 6.07) is 3.78. The minimum absolute atomic E-state index is 0.0697. The van der Waals surface area contributed by atoms with E-state index in [9.17, 15) is 9.59 Å². The van der Waals surface area contributed by atoms with E-state index in [2.05, 4.69) is 55.3 Å². The lowest BCUT2D eigenvalue weighted by molar-refractivity contribution is -0.102. The molecule has 1 aromatic rings. The molecule has 1 aliphatic heterocycles. The molecule has 2 heterocycles. The van der Waals surface area contributed by atoms with Crippen molar-refractivity contribution in [2.24, 2.45) is 28.6 Å². The zero-order valence-electron chi connectivity index (χ0n) is 21.6. The van der Waals surface area contributed by atoms with E-state index in [0.29, 0.717) is 23.9 Å². The lowest BCUT2D eigenvalue weighted by Crippen LogP contribution is -2.62. The summed E-state index contributed by atoms with van der Waals surface area (Å²) in [6.45, 7) is 13.5. The van der Waals surface area contributed by atoms with Crippen molar-refractivity contribution in [2.75, 3.05) is 39.8 Å². The molecule has 4 rings (SSSR count). The Bertz CT molecular complexity index is 867. The van der Waals surface area contributed by atoms with Crippen molar-refractivity contribution in [3.05, 3.63) is 30.1 Å². The highest BCUT2D eigenvalue weighted by molar-refractivity contribution is 5.93. The van der Waals surface area contributed by atoms with Crippen molar-refractivity contribution in [3.8, 4) is 0 Å². The van der Waals surface area contributed by atoms with Gasteiger partial charge < -0.3 is 20.4 Å². The van der Waals surface area contributed by atoms with Crippen LogP contribution in [0.4, 0.5) is 4.79 Å². The van der Waals surface area contributed by atoms with Crippen LogP contribution in [0.5, 0.6) is 0 Å². The second-order valence-electron chi connectivity index (χ2n) is 11.9. The molecule has 1 aromatic heterocycles. The lowest BCUT2D eigenvalue weighted by Gasteiger charge is -2.61. The maximum atomic E-state index is 13.2. The number of amides is 3. The van der Waals surface area contributed by atoms with Gasteiger partial charge in [-0.25, -0.2) is 4.79 Å². The number of nitrogens with one attached hydrogen (secondary N) is 2. The maximum Gasteiger partial charge on any atom is 0.317 e. The Morgan fingerprint density at radius 2 is 1.88 bits per heavy atom. The maximum absolute atomic E-state index is 13.2. The normalized spacial score (nSPS) is 33.6. The van der Waals surface area contributed by atoms with Crippen molar-refractivity contribution in [1.29, 1.82) is 0 Å². The molecule has 2 N–H and O–H groups in total. The Labute approximate surface area is 205 Å². The third-order valence-corrected chi connectivity index (χ3v) is 9.39. The minimum Gasteiger partial charge on any atom is -0.352 e. The molecule has 5 atom stereocenters. The number of carbonyl (C=O) groups excluding carboxylic acids is 2. The highest BCUT2D eigenvalue weighted by Crippen LogP contribution is 2.61. The van der Waals surface area contributed by atoms with Gasteiger partial charge in [-0.15, -0.1) is 0 Å². The number of likely N-dealkylation sites (N-methyl/N-ethyl adjacent to an activating group) is 1. The van der Waals surface area contributed by atoms with E-state index in [1.54, 1.807) is 24.5 Å². The summed E-state index contributed by atoms with van der Waals surface area (Å²) in [4.78, 5) is 34.4. The first kappa shape index (κ1) is 25.0. The zero-order valence-corrected chi connectivity index (χ0v) is 21.6. The fourth-order valence-corrected chi connectivity index (χ4v) is 7.22. The largest absolute Gasteiger partial charge is 0.352 e. The molecular weight excluding hydrogens is 426 g/mol. The highest BCUT2D eigenvalue weighted by Gasteiger charge is 2.56. The van der Waals surface area contributed by atoms with Crippen molar-refractivity contribution in [2.45, 2.75) is 59.4 Å². The van der Waals surface area contributed by atoms with Gasteiger partial charge in [0.1, 0.15) is 0 Å². The summed E-state index contributed by atoms with van der Waals surface area (Å²) < 4.78 is 0. The van der Waals surface area contributed by atoms with Gasteiger partial charge in [-0.05, 0) is 67.0 Å². The molecule has 34 heavy (non-hydrogen) atoms. The minimum atomic E-state index is -0.0703. The molecule has 0 aromatic carbocycles. The van der Waals surface area contributed by atoms with Gasteiger partial charge in [-0.3, -0.25) is 9.78 Å². The number of aromatic nitrogens is 1. The van der Waals surface area contributed by atoms with Crippen molar-refractivity contribution >= 4 is 11.9 Å². The van der Waals surface area contributed by atoms with Gasteiger partial charge in [0.15, 0.2) is 0 Å². The average molecular weight is 470 g/mol. The summed E-state index contributed by atoms with van der Waals surface area (Å²) in [6.07, 6.45) is 7.93. The Kier molecular flexibility index (Phi) is 7.22. The number of nitrogens with zero attached hydrogens (tertiary/aromatic N) is 3. The van der Waals surface area contributed by atoms with Crippen molar-refractivity contribution < 1.29 is 9.59 Å². The molecule has 188 valence electrons. The van der Waals surface area contributed by atoms with E-state index in [0.717, 1.165) is 32.6 Å². The quantitative estimate of drug-likeness (QED) is 0.706. The molecule has 2 aliphatic carbocycles. The molecule has 0 spiro atoms. The molecule has 0 radical (unpaired) electrons. The third-order valence-electron chi connectivity index (χ3n) is 9.39. The first-order valence-corrected chi connectivity index (χ1v) is 13.0. The van der Waals surface area contributed by atoms with Crippen LogP contribution in [0.1, 0.15) is 63.7 Å². The number of hydrogen-bond acceptors (Lipinski definition) is 4. The van der Waals surface area contributed by atoms with Gasteiger partial charge in [0.2, 0.25) is 0 Å². The van der Waals surface area contributed by atoms with Crippen LogP contribution in [0.25, 0.3) is 0 Å². The lowest BCUT2D eigenvalue weighted by atomic mass is 9.45. The Hall–Kier alpha value is -2.15. The number of carbonyl (C=O) groups is 2. The van der Waals surface area contributed by atoms with Gasteiger partial charge in [-0.2, -0.15) is 0 Å². The van der Waals surface area contributed by atoms with Crippen LogP contribution in [0, 0.1) is 28.6 Å². The number of piperazine rings is 1. The van der Waals surface area contributed by atoms with Crippen LogP contribution in [-0.2, 0) is 0 Å². The first-order chi connectivity index (χ1) is 16.1. The Morgan fingerprint density at radius 1 is 1.15 bits per heavy atom. The molecule has 1 saturated heterocycles. The topological polar surface area (TPSA) is 77.6 Å². The van der Waals surface area contributed by atoms with Crippen LogP contribution in [0.2, 0.25) is 0 Å². The van der Waals surface area contributed by atoms with Crippen LogP contribution < -0.4 is 10.6 Å². The van der Waals surface area contributed by atoms with Gasteiger partial charge in [0, 0.05) is 51.2 Å². The second kappa shape index (κ2) is 9.84. The first-order valence-electron chi connectivity index (χ1n) is 13.0. The number of hydrogen-bond donors (Lipinski definition) is 2. The molecule has 3 amide bonds. The number of pyridine rings is 1. The molecular formula is C27H43N5O2. The third kappa shape index (κ3) is 4.95. The predicted octanol–water partition coefficient (Wildman–Crippen LogP) is 3.63. The standard InChI is InChI=1S/C27H43N5O2/c1-19-21(18-29-24(33)20-8-6-11-28-17-20)27(4)10-7-9-26(2,3)23(27)16-22(19)30-25(34)32-14-12-31(5)13-15-32/h6,8,11,17,19,21-23H,7,9-10,12-16,18H2,1-5H3,(H,29,33)(H,30,34)/t19-,21+,22-,23?,27-/m1/s1. The van der Waals surface area contributed by atoms with Gasteiger partial charge in [-0.1, -0.05) is 34.1 Å². The van der Waals surface area contributed by atoms with Gasteiger partial charge in [0.05, 0.1) is 5.56 Å². The fourth-order valence-electron chi connectivity index (χ4n) is 7.22. The smallest absolute Gasteiger partial charge is 0.317 e. The molecule has 7 nitrogen and oxygen atoms in total. The fraction of sp³-hybridized carbons (Fsp3) is 0.741. The zero-order chi connectivity index (χ0) is 24.5. The van der Waals surface area contributed by atoms with E-state index in [4.69, 9.17) is 0 Å². The summed E-state index contributed by atoms with van der Waals surface area (Å²) in [5.74, 6) is 1.01. The van der Waals surface area contributed by atoms with E-state index in [1.165, 1.54) is 19.3 Å². The monoisotopic (exact) mass is 469 g/mol. The van der Waals surface area contributed by atoms with Crippen LogP contribution >= 0.6 is 0 Å². The molecule has 2 saturated carbocycles. The Balaban J connectivity index is 1.52. The Morgan fingerprint density at radius 3 is 2.56 bits per heavy atom. The SMILES string of the molecule is C[C@H]1[C@H](NC(=O)N2CCN(C)CC2)CC2C(C)(C)CCC[C@]2(C)[C@H]1CNC(=O)c1cccnc1. The van der Waals surface area contributed by atoms with Crippen molar-refractivity contribution in [1.82, 2.24) is 25.4 Å². The molecule has 3 fully saturated rings. The summed E-state index contributed by atoms with van der Waals surface area (Å²) in [5, 5.41) is 6.66. The van der Waals surface area contributed by atoms with Crippen LogP contribution in [0.3, 0.4) is 0 Å². The predicted molar refractivity (Wildman–Crippen MR) is 134 cm³/mol. The van der Waals surface area contributed by atoms with E-state index >= 15 is 0 Å².